The van der Waals surface area contributed by atoms with E-state index in [-0.39, 0.29) is 29.1 Å². The summed E-state index contributed by atoms with van der Waals surface area (Å²) in [5.41, 5.74) is -0.345. The Morgan fingerprint density at radius 2 is 1.81 bits per heavy atom. The molecule has 1 atom stereocenters. The number of sulfonamides is 1. The lowest BCUT2D eigenvalue weighted by atomic mass is 10.1. The van der Waals surface area contributed by atoms with Gasteiger partial charge in [-0.15, -0.1) is 0 Å². The molecule has 10 heteroatoms. The number of carboxylic acids is 1. The number of carbonyl (C=O) groups excluding carboxylic acids is 1. The zero-order valence-corrected chi connectivity index (χ0v) is 17.5. The van der Waals surface area contributed by atoms with Crippen molar-refractivity contribution in [3.05, 3.63) is 71.0 Å². The molecule has 0 aromatic heterocycles. The van der Waals surface area contributed by atoms with E-state index in [0.717, 1.165) is 16.4 Å². The smallest absolute Gasteiger partial charge is 0.335 e. The number of hydrogen-bond acceptors (Lipinski definition) is 4. The second-order valence-corrected chi connectivity index (χ2v) is 9.23. The summed E-state index contributed by atoms with van der Waals surface area (Å²) >= 11 is 5.95. The first-order valence-electron chi connectivity index (χ1n) is 9.21. The highest BCUT2D eigenvalue weighted by atomic mass is 35.5. The number of carbonyl (C=O) groups is 2. The van der Waals surface area contributed by atoms with Crippen molar-refractivity contribution in [2.75, 3.05) is 11.4 Å². The number of nitrogens with zero attached hydrogens (tertiary/aromatic N) is 1. The summed E-state index contributed by atoms with van der Waals surface area (Å²) in [6, 6.07) is 11.7. The molecule has 7 nitrogen and oxygen atoms in total. The molecular formula is C21H16ClFN2O5S. The van der Waals surface area contributed by atoms with Gasteiger partial charge in [0.15, 0.2) is 0 Å². The van der Waals surface area contributed by atoms with E-state index in [1.165, 1.54) is 24.3 Å². The van der Waals surface area contributed by atoms with Gasteiger partial charge in [0.25, 0.3) is 0 Å². The van der Waals surface area contributed by atoms with Crippen LogP contribution in [0.2, 0.25) is 5.02 Å². The Kier molecular flexibility index (Phi) is 5.42. The van der Waals surface area contributed by atoms with Crippen LogP contribution in [-0.4, -0.2) is 38.0 Å². The molecule has 1 amide bonds. The number of amides is 1. The maximum absolute atomic E-state index is 14.3. The highest BCUT2D eigenvalue weighted by Crippen LogP contribution is 2.27. The molecule has 1 aliphatic rings. The Bertz CT molecular complexity index is 1330. The molecule has 2 N–H and O–H groups in total. The Labute approximate surface area is 182 Å². The van der Waals surface area contributed by atoms with Crippen LogP contribution >= 0.6 is 11.6 Å². The molecular weight excluding hydrogens is 447 g/mol. The van der Waals surface area contributed by atoms with Gasteiger partial charge in [-0.1, -0.05) is 23.7 Å². The number of carboxylic acid groups (broad SMARTS) is 1. The highest BCUT2D eigenvalue weighted by molar-refractivity contribution is 7.89. The summed E-state index contributed by atoms with van der Waals surface area (Å²) in [4.78, 5) is 24.8. The number of benzene rings is 3. The molecule has 1 aliphatic heterocycles. The minimum Gasteiger partial charge on any atom is -0.478 e. The fraction of sp³-hybridized carbons (Fsp3) is 0.143. The first-order chi connectivity index (χ1) is 14.7. The van der Waals surface area contributed by atoms with E-state index in [1.807, 2.05) is 0 Å². The first kappa shape index (κ1) is 21.2. The van der Waals surface area contributed by atoms with E-state index in [9.17, 15) is 22.4 Å². The zero-order valence-electron chi connectivity index (χ0n) is 15.9. The molecule has 3 aromatic carbocycles. The standard InChI is InChI=1S/C21H16ClFN2O5S/c22-15-4-1-13-10-16(5-2-12(13)9-15)31(29,30)24-18-7-8-25(20(18)26)19-6-3-14(21(27)28)11-17(19)23/h1-6,9-11,18,24H,7-8H2,(H,27,28). The number of rotatable bonds is 5. The van der Waals surface area contributed by atoms with E-state index >= 15 is 0 Å². The average Bonchev–Trinajstić information content (AvgIpc) is 3.06. The number of aromatic carboxylic acids is 1. The van der Waals surface area contributed by atoms with Crippen LogP contribution in [0.3, 0.4) is 0 Å². The van der Waals surface area contributed by atoms with E-state index in [2.05, 4.69) is 4.72 Å². The van der Waals surface area contributed by atoms with Gasteiger partial charge in [0.1, 0.15) is 11.9 Å². The Morgan fingerprint density at radius 1 is 1.10 bits per heavy atom. The normalized spacial score (nSPS) is 16.8. The summed E-state index contributed by atoms with van der Waals surface area (Å²) in [5, 5.41) is 10.9. The fourth-order valence-corrected chi connectivity index (χ4v) is 4.94. The molecule has 31 heavy (non-hydrogen) atoms. The van der Waals surface area contributed by atoms with Crippen LogP contribution < -0.4 is 9.62 Å². The number of hydrogen-bond donors (Lipinski definition) is 2. The highest BCUT2D eigenvalue weighted by Gasteiger charge is 2.36. The van der Waals surface area contributed by atoms with E-state index in [1.54, 1.807) is 24.3 Å². The third-order valence-corrected chi connectivity index (χ3v) is 6.78. The predicted octanol–water partition coefficient (Wildman–Crippen LogP) is 3.41. The molecule has 0 bridgehead atoms. The molecule has 0 spiro atoms. The van der Waals surface area contributed by atoms with E-state index < -0.39 is 33.8 Å². The monoisotopic (exact) mass is 462 g/mol. The minimum atomic E-state index is -4.01. The lowest BCUT2D eigenvalue weighted by Gasteiger charge is -2.18. The quantitative estimate of drug-likeness (QED) is 0.604. The lowest BCUT2D eigenvalue weighted by molar-refractivity contribution is -0.118. The lowest BCUT2D eigenvalue weighted by Crippen LogP contribution is -2.41. The second kappa shape index (κ2) is 7.92. The van der Waals surface area contributed by atoms with Crippen LogP contribution in [-0.2, 0) is 14.8 Å². The summed E-state index contributed by atoms with van der Waals surface area (Å²) in [7, 11) is -4.01. The molecule has 1 saturated heterocycles. The van der Waals surface area contributed by atoms with Gasteiger partial charge in [-0.2, -0.15) is 4.72 Å². The number of anilines is 1. The van der Waals surface area contributed by atoms with Gasteiger partial charge in [0.05, 0.1) is 16.1 Å². The van der Waals surface area contributed by atoms with Gasteiger partial charge in [-0.25, -0.2) is 17.6 Å². The topological polar surface area (TPSA) is 104 Å². The third-order valence-electron chi connectivity index (χ3n) is 5.07. The Morgan fingerprint density at radius 3 is 2.52 bits per heavy atom. The maximum Gasteiger partial charge on any atom is 0.335 e. The van der Waals surface area contributed by atoms with E-state index in [4.69, 9.17) is 16.7 Å². The van der Waals surface area contributed by atoms with Crippen molar-refractivity contribution in [2.24, 2.45) is 0 Å². The van der Waals surface area contributed by atoms with Crippen molar-refractivity contribution in [2.45, 2.75) is 17.4 Å². The van der Waals surface area contributed by atoms with Crippen LogP contribution in [0.15, 0.2) is 59.5 Å². The van der Waals surface area contributed by atoms with Crippen molar-refractivity contribution >= 4 is 50.0 Å². The molecule has 0 radical (unpaired) electrons. The van der Waals surface area contributed by atoms with Crippen molar-refractivity contribution < 1.29 is 27.5 Å². The summed E-state index contributed by atoms with van der Waals surface area (Å²) in [5.74, 6) is -2.77. The van der Waals surface area contributed by atoms with Crippen LogP contribution in [0.1, 0.15) is 16.8 Å². The van der Waals surface area contributed by atoms with Crippen LogP contribution in [0.25, 0.3) is 10.8 Å². The molecule has 1 heterocycles. The summed E-state index contributed by atoms with van der Waals surface area (Å²) in [6.07, 6.45) is 0.140. The molecule has 1 unspecified atom stereocenters. The Balaban J connectivity index is 1.55. The van der Waals surface area contributed by atoms with Gasteiger partial charge in [-0.05, 0) is 59.7 Å². The number of halogens is 2. The summed E-state index contributed by atoms with van der Waals surface area (Å²) < 4.78 is 42.4. The van der Waals surface area contributed by atoms with Crippen molar-refractivity contribution in [1.82, 2.24) is 4.72 Å². The van der Waals surface area contributed by atoms with Gasteiger partial charge in [0, 0.05) is 11.6 Å². The summed E-state index contributed by atoms with van der Waals surface area (Å²) in [6.45, 7) is 0.0889. The van der Waals surface area contributed by atoms with Gasteiger partial charge < -0.3 is 10.0 Å². The van der Waals surface area contributed by atoms with Crippen molar-refractivity contribution in [1.29, 1.82) is 0 Å². The van der Waals surface area contributed by atoms with Crippen LogP contribution in [0.4, 0.5) is 10.1 Å². The molecule has 3 aromatic rings. The van der Waals surface area contributed by atoms with Crippen molar-refractivity contribution in [3.8, 4) is 0 Å². The van der Waals surface area contributed by atoms with Crippen LogP contribution in [0, 0.1) is 5.82 Å². The maximum atomic E-state index is 14.3. The minimum absolute atomic E-state index is 0.00874. The third kappa shape index (κ3) is 4.12. The number of fused-ring (bicyclic) bond motifs is 1. The molecule has 0 aliphatic carbocycles. The molecule has 160 valence electrons. The second-order valence-electron chi connectivity index (χ2n) is 7.08. The van der Waals surface area contributed by atoms with Gasteiger partial charge >= 0.3 is 5.97 Å². The fourth-order valence-electron chi connectivity index (χ4n) is 3.50. The molecule has 0 saturated carbocycles. The SMILES string of the molecule is O=C(O)c1ccc(N2CCC(NS(=O)(=O)c3ccc4cc(Cl)ccc4c3)C2=O)c(F)c1. The van der Waals surface area contributed by atoms with E-state index in [0.29, 0.717) is 10.4 Å². The molecule has 1 fully saturated rings. The van der Waals surface area contributed by atoms with Crippen LogP contribution in [0.5, 0.6) is 0 Å². The molecule has 4 rings (SSSR count). The Hall–Kier alpha value is -3.01. The predicted molar refractivity (Wildman–Crippen MR) is 113 cm³/mol. The zero-order chi connectivity index (χ0) is 22.3. The number of nitrogens with one attached hydrogen (secondary N) is 1. The van der Waals surface area contributed by atoms with Gasteiger partial charge in [0.2, 0.25) is 15.9 Å². The first-order valence-corrected chi connectivity index (χ1v) is 11.1. The van der Waals surface area contributed by atoms with Gasteiger partial charge in [-0.3, -0.25) is 4.79 Å². The van der Waals surface area contributed by atoms with Crippen molar-refractivity contribution in [3.63, 3.8) is 0 Å². The average molecular weight is 463 g/mol. The largest absolute Gasteiger partial charge is 0.478 e.